The van der Waals surface area contributed by atoms with Gasteiger partial charge >= 0.3 is 6.09 Å². The minimum Gasteiger partial charge on any atom is -0.444 e. The summed E-state index contributed by atoms with van der Waals surface area (Å²) in [5.74, 6) is 0. The predicted octanol–water partition coefficient (Wildman–Crippen LogP) is 3.09. The normalized spacial score (nSPS) is 14.2. The molecule has 8 heteroatoms. The Kier molecular flexibility index (Phi) is 7.54. The highest BCUT2D eigenvalue weighted by atomic mass is 35.5. The minimum atomic E-state index is -0.963. The average Bonchev–Trinajstić information content (AvgIpc) is 2.41. The van der Waals surface area contributed by atoms with E-state index in [0.717, 1.165) is 0 Å². The van der Waals surface area contributed by atoms with E-state index in [1.807, 2.05) is 0 Å². The zero-order valence-corrected chi connectivity index (χ0v) is 14.9. The van der Waals surface area contributed by atoms with E-state index >= 15 is 0 Å². The molecule has 0 bridgehead atoms. The van der Waals surface area contributed by atoms with Gasteiger partial charge in [-0.25, -0.2) is 9.78 Å². The molecule has 0 saturated heterocycles. The zero-order valence-electron chi connectivity index (χ0n) is 13.3. The summed E-state index contributed by atoms with van der Waals surface area (Å²) in [5, 5.41) is 22.1. The molecule has 1 aromatic heterocycles. The largest absolute Gasteiger partial charge is 0.444 e. The summed E-state index contributed by atoms with van der Waals surface area (Å²) in [5.41, 5.74) is -0.250. The molecule has 0 aliphatic rings. The third kappa shape index (κ3) is 6.91. The van der Waals surface area contributed by atoms with Crippen LogP contribution in [0.3, 0.4) is 0 Å². The summed E-state index contributed by atoms with van der Waals surface area (Å²) in [6.07, 6.45) is -0.992. The van der Waals surface area contributed by atoms with Gasteiger partial charge in [0.1, 0.15) is 15.9 Å². The van der Waals surface area contributed by atoms with Gasteiger partial charge in [0, 0.05) is 12.2 Å². The minimum absolute atomic E-state index is 0.0666. The number of alkyl carbamates (subject to hydrolysis) is 1. The molecule has 1 aromatic rings. The van der Waals surface area contributed by atoms with Crippen LogP contribution in [0.15, 0.2) is 12.1 Å². The smallest absolute Gasteiger partial charge is 0.408 e. The Labute approximate surface area is 145 Å². The fourth-order valence-electron chi connectivity index (χ4n) is 1.94. The summed E-state index contributed by atoms with van der Waals surface area (Å²) in [4.78, 5) is 15.9. The molecule has 0 aliphatic heterocycles. The van der Waals surface area contributed by atoms with Crippen molar-refractivity contribution in [1.29, 1.82) is 0 Å². The lowest BCUT2D eigenvalue weighted by molar-refractivity contribution is 0.0404. The second-order valence-electron chi connectivity index (χ2n) is 6.07. The topological polar surface area (TPSA) is 91.7 Å². The summed E-state index contributed by atoms with van der Waals surface area (Å²) in [6.45, 7) is 5.14. The lowest BCUT2D eigenvalue weighted by Gasteiger charge is -2.27. The fraction of sp³-hybridized carbons (Fsp3) is 0.600. The van der Waals surface area contributed by atoms with Gasteiger partial charge in [0.05, 0.1) is 12.1 Å². The monoisotopic (exact) mass is 364 g/mol. The zero-order chi connectivity index (χ0) is 17.6. The van der Waals surface area contributed by atoms with Gasteiger partial charge in [-0.15, -0.1) is 0 Å². The van der Waals surface area contributed by atoms with Crippen molar-refractivity contribution in [2.75, 3.05) is 6.61 Å². The molecule has 1 heterocycles. The van der Waals surface area contributed by atoms with Gasteiger partial charge in [0.15, 0.2) is 0 Å². The van der Waals surface area contributed by atoms with Crippen LogP contribution in [0.5, 0.6) is 0 Å². The summed E-state index contributed by atoms with van der Waals surface area (Å²) in [6, 6.07) is 2.28. The number of pyridine rings is 1. The number of aliphatic hydroxyl groups excluding tert-OH is 2. The molecule has 1 amide bonds. The maximum Gasteiger partial charge on any atom is 0.408 e. The standard InChI is InChI=1S/C15H22Cl2N2O4/c1-15(2,3)23-14(22)19-12(10(21)5-4-8-20)9-6-7-11(16)18-13(9)17/h6-7,10,12,20-21H,4-5,8H2,1-3H3,(H,19,22)/t10-,12-/m0/s1. The van der Waals surface area contributed by atoms with Crippen molar-refractivity contribution in [3.8, 4) is 0 Å². The van der Waals surface area contributed by atoms with Crippen molar-refractivity contribution in [3.05, 3.63) is 28.0 Å². The molecule has 2 atom stereocenters. The second kappa shape index (κ2) is 8.68. The van der Waals surface area contributed by atoms with E-state index in [0.29, 0.717) is 12.0 Å². The van der Waals surface area contributed by atoms with Crippen LogP contribution >= 0.6 is 23.2 Å². The maximum atomic E-state index is 12.0. The summed E-state index contributed by atoms with van der Waals surface area (Å²) < 4.78 is 5.21. The SMILES string of the molecule is CC(C)(C)OC(=O)N[C@@H](c1ccc(Cl)nc1Cl)[C@@H](O)CCCO. The van der Waals surface area contributed by atoms with Gasteiger partial charge in [0.2, 0.25) is 0 Å². The average molecular weight is 365 g/mol. The van der Waals surface area contributed by atoms with Crippen LogP contribution in [-0.4, -0.2) is 39.6 Å². The number of hydrogen-bond donors (Lipinski definition) is 3. The van der Waals surface area contributed by atoms with E-state index in [1.165, 1.54) is 6.07 Å². The van der Waals surface area contributed by atoms with Gasteiger partial charge in [-0.05, 0) is 39.7 Å². The highest BCUT2D eigenvalue weighted by Crippen LogP contribution is 2.27. The molecule has 0 aromatic carbocycles. The van der Waals surface area contributed by atoms with Crippen LogP contribution < -0.4 is 5.32 Å². The number of amides is 1. The first kappa shape index (κ1) is 20.0. The molecular weight excluding hydrogens is 343 g/mol. The van der Waals surface area contributed by atoms with E-state index in [2.05, 4.69) is 10.3 Å². The number of halogens is 2. The molecule has 0 radical (unpaired) electrons. The number of nitrogens with one attached hydrogen (secondary N) is 1. The van der Waals surface area contributed by atoms with E-state index in [1.54, 1.807) is 26.8 Å². The second-order valence-corrected chi connectivity index (χ2v) is 6.82. The number of rotatable bonds is 6. The van der Waals surface area contributed by atoms with Gasteiger partial charge in [-0.1, -0.05) is 29.3 Å². The van der Waals surface area contributed by atoms with Crippen molar-refractivity contribution in [2.45, 2.75) is 51.4 Å². The molecule has 0 unspecified atom stereocenters. The van der Waals surface area contributed by atoms with Crippen LogP contribution in [0.1, 0.15) is 45.2 Å². The fourth-order valence-corrected chi connectivity index (χ4v) is 2.40. The molecular formula is C15H22Cl2N2O4. The number of carbonyl (C=O) groups is 1. The first-order valence-corrected chi connectivity index (χ1v) is 8.00. The van der Waals surface area contributed by atoms with Crippen molar-refractivity contribution in [2.24, 2.45) is 0 Å². The molecule has 3 N–H and O–H groups in total. The lowest BCUT2D eigenvalue weighted by Crippen LogP contribution is -2.40. The summed E-state index contributed by atoms with van der Waals surface area (Å²) >= 11 is 11.8. The Morgan fingerprint density at radius 3 is 2.57 bits per heavy atom. The van der Waals surface area contributed by atoms with Crippen molar-refractivity contribution in [1.82, 2.24) is 10.3 Å². The van der Waals surface area contributed by atoms with E-state index < -0.39 is 23.8 Å². The quantitative estimate of drug-likeness (QED) is 0.674. The van der Waals surface area contributed by atoms with Crippen LogP contribution in [0.2, 0.25) is 10.3 Å². The first-order chi connectivity index (χ1) is 10.6. The molecule has 0 fully saturated rings. The third-order valence-corrected chi connectivity index (χ3v) is 3.41. The van der Waals surface area contributed by atoms with E-state index in [9.17, 15) is 9.90 Å². The Morgan fingerprint density at radius 1 is 1.39 bits per heavy atom. The van der Waals surface area contributed by atoms with Crippen LogP contribution in [0.4, 0.5) is 4.79 Å². The van der Waals surface area contributed by atoms with Gasteiger partial charge in [-0.3, -0.25) is 0 Å². The molecule has 0 aliphatic carbocycles. The molecule has 23 heavy (non-hydrogen) atoms. The number of carbonyl (C=O) groups excluding carboxylic acids is 1. The number of aliphatic hydroxyl groups is 2. The maximum absolute atomic E-state index is 12.0. The Morgan fingerprint density at radius 2 is 2.04 bits per heavy atom. The Bertz CT molecular complexity index is 535. The summed E-state index contributed by atoms with van der Waals surface area (Å²) in [7, 11) is 0. The number of hydrogen-bond acceptors (Lipinski definition) is 5. The van der Waals surface area contributed by atoms with Crippen molar-refractivity contribution < 1.29 is 19.7 Å². The number of ether oxygens (including phenoxy) is 1. The molecule has 0 spiro atoms. The Hall–Kier alpha value is -1.08. The lowest BCUT2D eigenvalue weighted by atomic mass is 9.99. The van der Waals surface area contributed by atoms with Crippen molar-refractivity contribution >= 4 is 29.3 Å². The van der Waals surface area contributed by atoms with Crippen molar-refractivity contribution in [3.63, 3.8) is 0 Å². The van der Waals surface area contributed by atoms with Crippen LogP contribution in [0.25, 0.3) is 0 Å². The van der Waals surface area contributed by atoms with Gasteiger partial charge in [-0.2, -0.15) is 0 Å². The van der Waals surface area contributed by atoms with Crippen LogP contribution in [0, 0.1) is 0 Å². The van der Waals surface area contributed by atoms with E-state index in [-0.39, 0.29) is 23.3 Å². The molecule has 1 rings (SSSR count). The number of nitrogens with zero attached hydrogens (tertiary/aromatic N) is 1. The highest BCUT2D eigenvalue weighted by molar-refractivity contribution is 6.32. The third-order valence-electron chi connectivity index (χ3n) is 2.89. The van der Waals surface area contributed by atoms with Crippen LogP contribution in [-0.2, 0) is 4.74 Å². The Balaban J connectivity index is 2.99. The van der Waals surface area contributed by atoms with Gasteiger partial charge in [0.25, 0.3) is 0 Å². The van der Waals surface area contributed by atoms with Gasteiger partial charge < -0.3 is 20.3 Å². The highest BCUT2D eigenvalue weighted by Gasteiger charge is 2.28. The predicted molar refractivity (Wildman–Crippen MR) is 88.7 cm³/mol. The molecule has 6 nitrogen and oxygen atoms in total. The first-order valence-electron chi connectivity index (χ1n) is 7.24. The van der Waals surface area contributed by atoms with E-state index in [4.69, 9.17) is 33.0 Å². The molecule has 0 saturated carbocycles. The molecule has 130 valence electrons. The number of aromatic nitrogens is 1.